The van der Waals surface area contributed by atoms with Gasteiger partial charge in [-0.2, -0.15) is 17.6 Å². The second-order valence-corrected chi connectivity index (χ2v) is 9.45. The lowest BCUT2D eigenvalue weighted by Crippen LogP contribution is -2.47. The molecule has 3 heterocycles. The van der Waals surface area contributed by atoms with Crippen molar-refractivity contribution in [2.45, 2.75) is 50.1 Å². The van der Waals surface area contributed by atoms with Crippen molar-refractivity contribution in [3.8, 4) is 5.75 Å². The number of likely N-dealkylation sites (N-methyl/N-ethyl adjacent to an activating group) is 1. The van der Waals surface area contributed by atoms with E-state index >= 15 is 0 Å². The molecule has 0 aliphatic carbocycles. The number of carbonyl (C=O) groups is 2. The molecule has 8 nitrogen and oxygen atoms in total. The highest BCUT2D eigenvalue weighted by molar-refractivity contribution is 6.00. The number of aromatic nitrogens is 1. The van der Waals surface area contributed by atoms with Gasteiger partial charge < -0.3 is 20.1 Å². The Balaban J connectivity index is 1.68. The van der Waals surface area contributed by atoms with Gasteiger partial charge in [-0.1, -0.05) is 13.0 Å². The molecule has 1 aromatic carbocycles. The summed E-state index contributed by atoms with van der Waals surface area (Å²) in [5.74, 6) is -6.86. The van der Waals surface area contributed by atoms with Crippen LogP contribution in [0.5, 0.6) is 5.75 Å². The molecular formula is C25H27F5N4O4. The van der Waals surface area contributed by atoms with Crippen LogP contribution < -0.4 is 20.3 Å². The molecule has 0 bridgehead atoms. The molecule has 2 fully saturated rings. The van der Waals surface area contributed by atoms with E-state index in [0.717, 1.165) is 26.2 Å². The molecule has 13 heteroatoms. The molecule has 0 unspecified atom stereocenters. The SMILES string of the molecule is CN[C@H]1CCN(c2cc(NC(=O)[C@@H]3O[C@@](C)(C(F)(F)F)[C@@H](C)[C@H]3c3ccc(F)c(F)c3OC)ccn2)C1=O. The minimum Gasteiger partial charge on any atom is -0.493 e. The van der Waals surface area contributed by atoms with Crippen LogP contribution in [0.25, 0.3) is 0 Å². The number of nitrogens with zero attached hydrogens (tertiary/aromatic N) is 2. The molecule has 38 heavy (non-hydrogen) atoms. The van der Waals surface area contributed by atoms with Crippen molar-refractivity contribution in [3.05, 3.63) is 47.7 Å². The van der Waals surface area contributed by atoms with E-state index in [1.54, 1.807) is 7.05 Å². The maximum atomic E-state index is 14.5. The second-order valence-electron chi connectivity index (χ2n) is 9.45. The number of methoxy groups -OCH3 is 1. The molecule has 2 aliphatic rings. The smallest absolute Gasteiger partial charge is 0.417 e. The minimum atomic E-state index is -4.88. The maximum Gasteiger partial charge on any atom is 0.417 e. The number of nitrogens with one attached hydrogen (secondary N) is 2. The summed E-state index contributed by atoms with van der Waals surface area (Å²) in [6.45, 7) is 2.43. The molecule has 1 aromatic heterocycles. The van der Waals surface area contributed by atoms with Crippen LogP contribution in [0.15, 0.2) is 30.5 Å². The number of rotatable bonds is 6. The summed E-state index contributed by atoms with van der Waals surface area (Å²) >= 11 is 0. The highest BCUT2D eigenvalue weighted by Crippen LogP contribution is 2.55. The molecule has 0 radical (unpaired) electrons. The normalized spacial score (nSPS) is 27.6. The van der Waals surface area contributed by atoms with Gasteiger partial charge >= 0.3 is 6.18 Å². The average Bonchev–Trinajstić information content (AvgIpc) is 3.38. The van der Waals surface area contributed by atoms with Gasteiger partial charge in [-0.3, -0.25) is 14.5 Å². The number of benzene rings is 1. The molecule has 2 amide bonds. The summed E-state index contributed by atoms with van der Waals surface area (Å²) in [5.41, 5.74) is -2.75. The summed E-state index contributed by atoms with van der Waals surface area (Å²) in [6, 6.07) is 4.30. The van der Waals surface area contributed by atoms with Crippen LogP contribution >= 0.6 is 0 Å². The van der Waals surface area contributed by atoms with E-state index in [0.29, 0.717) is 13.0 Å². The van der Waals surface area contributed by atoms with Crippen LogP contribution in [0, 0.1) is 17.6 Å². The van der Waals surface area contributed by atoms with Gasteiger partial charge in [-0.25, -0.2) is 9.37 Å². The molecular weight excluding hydrogens is 515 g/mol. The Morgan fingerprint density at radius 1 is 1.26 bits per heavy atom. The van der Waals surface area contributed by atoms with E-state index in [-0.39, 0.29) is 29.0 Å². The molecule has 206 valence electrons. The van der Waals surface area contributed by atoms with Crippen molar-refractivity contribution >= 4 is 23.3 Å². The maximum absolute atomic E-state index is 14.5. The number of ether oxygens (including phenoxy) is 2. The van der Waals surface area contributed by atoms with Crippen molar-refractivity contribution in [3.63, 3.8) is 0 Å². The van der Waals surface area contributed by atoms with E-state index in [9.17, 15) is 31.5 Å². The fraction of sp³-hybridized carbons (Fsp3) is 0.480. The van der Waals surface area contributed by atoms with E-state index in [1.165, 1.54) is 30.2 Å². The van der Waals surface area contributed by atoms with Crippen LogP contribution in [-0.4, -0.2) is 61.4 Å². The Morgan fingerprint density at radius 3 is 2.58 bits per heavy atom. The molecule has 0 spiro atoms. The molecule has 4 rings (SSSR count). The van der Waals surface area contributed by atoms with Gasteiger partial charge in [0.2, 0.25) is 11.7 Å². The first kappa shape index (κ1) is 27.7. The summed E-state index contributed by atoms with van der Waals surface area (Å²) in [6.07, 6.45) is -4.72. The Labute approximate surface area is 215 Å². The highest BCUT2D eigenvalue weighted by Gasteiger charge is 2.66. The average molecular weight is 543 g/mol. The standard InChI is InChI=1S/C25H27F5N4O4/c1-12-18(14-5-6-15(26)19(27)20(14)37-4)21(38-24(12,2)25(28,29)30)22(35)33-13-7-9-32-17(11-13)34-10-8-16(31-3)23(34)36/h5-7,9,11-12,16,18,21,31H,8,10H2,1-4H3,(H,32,33,35)/t12-,16-,18-,21+,24+/m0/s1. The first-order valence-electron chi connectivity index (χ1n) is 11.9. The lowest BCUT2D eigenvalue weighted by Gasteiger charge is -2.32. The van der Waals surface area contributed by atoms with Crippen LogP contribution in [0.2, 0.25) is 0 Å². The fourth-order valence-electron chi connectivity index (χ4n) is 5.07. The van der Waals surface area contributed by atoms with E-state index < -0.39 is 53.0 Å². The predicted octanol–water partition coefficient (Wildman–Crippen LogP) is 3.77. The van der Waals surface area contributed by atoms with Crippen molar-refractivity contribution in [1.29, 1.82) is 0 Å². The Hall–Kier alpha value is -3.32. The Bertz CT molecular complexity index is 1240. The Morgan fingerprint density at radius 2 is 1.97 bits per heavy atom. The van der Waals surface area contributed by atoms with Crippen molar-refractivity contribution < 1.29 is 41.0 Å². The molecule has 2 N–H and O–H groups in total. The molecule has 2 aliphatic heterocycles. The summed E-state index contributed by atoms with van der Waals surface area (Å²) in [5, 5.41) is 5.43. The van der Waals surface area contributed by atoms with E-state index in [1.807, 2.05) is 0 Å². The lowest BCUT2D eigenvalue weighted by atomic mass is 9.77. The van der Waals surface area contributed by atoms with Crippen molar-refractivity contribution in [2.75, 3.05) is 30.9 Å². The third-order valence-electron chi connectivity index (χ3n) is 7.41. The van der Waals surface area contributed by atoms with Gasteiger partial charge in [-0.15, -0.1) is 0 Å². The van der Waals surface area contributed by atoms with Crippen LogP contribution in [-0.2, 0) is 14.3 Å². The third kappa shape index (κ3) is 4.57. The molecule has 2 aromatic rings. The van der Waals surface area contributed by atoms with Gasteiger partial charge in [0.1, 0.15) is 11.9 Å². The zero-order valence-corrected chi connectivity index (χ0v) is 21.0. The number of hydrogen-bond acceptors (Lipinski definition) is 6. The number of anilines is 2. The molecule has 0 saturated carbocycles. The number of pyridine rings is 1. The lowest BCUT2D eigenvalue weighted by molar-refractivity contribution is -0.272. The van der Waals surface area contributed by atoms with Gasteiger partial charge in [-0.05, 0) is 32.5 Å². The van der Waals surface area contributed by atoms with Crippen molar-refractivity contribution in [2.24, 2.45) is 5.92 Å². The molecule has 2 saturated heterocycles. The minimum absolute atomic E-state index is 0.136. The first-order chi connectivity index (χ1) is 17.8. The van der Waals surface area contributed by atoms with Crippen LogP contribution in [0.1, 0.15) is 31.7 Å². The third-order valence-corrected chi connectivity index (χ3v) is 7.41. The van der Waals surface area contributed by atoms with Gasteiger partial charge in [0, 0.05) is 41.9 Å². The predicted molar refractivity (Wildman–Crippen MR) is 127 cm³/mol. The largest absolute Gasteiger partial charge is 0.493 e. The van der Waals surface area contributed by atoms with Gasteiger partial charge in [0.15, 0.2) is 17.2 Å². The van der Waals surface area contributed by atoms with Crippen molar-refractivity contribution in [1.82, 2.24) is 10.3 Å². The fourth-order valence-corrected chi connectivity index (χ4v) is 5.07. The van der Waals surface area contributed by atoms with Crippen LogP contribution in [0.3, 0.4) is 0 Å². The highest BCUT2D eigenvalue weighted by atomic mass is 19.4. The number of halogens is 5. The van der Waals surface area contributed by atoms with E-state index in [4.69, 9.17) is 9.47 Å². The Kier molecular flexibility index (Phi) is 7.36. The summed E-state index contributed by atoms with van der Waals surface area (Å²) < 4.78 is 81.1. The first-order valence-corrected chi connectivity index (χ1v) is 11.9. The monoisotopic (exact) mass is 542 g/mol. The molecule has 5 atom stereocenters. The second kappa shape index (κ2) is 10.1. The van der Waals surface area contributed by atoms with Crippen LogP contribution in [0.4, 0.5) is 33.5 Å². The topological polar surface area (TPSA) is 92.8 Å². The van der Waals surface area contributed by atoms with E-state index in [2.05, 4.69) is 15.6 Å². The number of amides is 2. The summed E-state index contributed by atoms with van der Waals surface area (Å²) in [4.78, 5) is 31.5. The number of hydrogen-bond donors (Lipinski definition) is 2. The van der Waals surface area contributed by atoms with Gasteiger partial charge in [0.05, 0.1) is 13.2 Å². The number of alkyl halides is 3. The summed E-state index contributed by atoms with van der Waals surface area (Å²) in [7, 11) is 2.71. The quantitative estimate of drug-likeness (QED) is 0.540. The number of carbonyl (C=O) groups excluding carboxylic acids is 2. The zero-order valence-electron chi connectivity index (χ0n) is 21.0. The van der Waals surface area contributed by atoms with Gasteiger partial charge in [0.25, 0.3) is 5.91 Å². The zero-order chi connectivity index (χ0) is 28.0.